The standard InChI is InChI=1S/C23H20N4O3S/c1-2-6-21(29)26-11-13-27(14-12-26)23-25-22(19(16-28)31-23)17-9-10-20(24-15-17)30-18-7-4-3-5-8-18/h3-5,7-10,15-16H,11-14H2,1H3. The summed E-state index contributed by atoms with van der Waals surface area (Å²) in [6.07, 6.45) is 2.48. The second kappa shape index (κ2) is 9.41. The van der Waals surface area contributed by atoms with Crippen molar-refractivity contribution in [2.45, 2.75) is 6.92 Å². The van der Waals surface area contributed by atoms with E-state index >= 15 is 0 Å². The summed E-state index contributed by atoms with van der Waals surface area (Å²) in [6, 6.07) is 13.0. The van der Waals surface area contributed by atoms with Gasteiger partial charge in [0.15, 0.2) is 11.4 Å². The van der Waals surface area contributed by atoms with Gasteiger partial charge in [-0.05, 0) is 31.0 Å². The van der Waals surface area contributed by atoms with Crippen LogP contribution in [0.2, 0.25) is 0 Å². The topological polar surface area (TPSA) is 75.6 Å². The van der Waals surface area contributed by atoms with Gasteiger partial charge in [-0.25, -0.2) is 9.97 Å². The zero-order chi connectivity index (χ0) is 21.6. The molecule has 156 valence electrons. The minimum absolute atomic E-state index is 0.153. The number of ether oxygens (including phenoxy) is 1. The number of amides is 1. The maximum absolute atomic E-state index is 11.9. The molecule has 0 atom stereocenters. The van der Waals surface area contributed by atoms with E-state index in [9.17, 15) is 9.59 Å². The second-order valence-electron chi connectivity index (χ2n) is 6.78. The molecular weight excluding hydrogens is 412 g/mol. The Hall–Kier alpha value is -3.70. The first-order chi connectivity index (χ1) is 15.2. The van der Waals surface area contributed by atoms with Gasteiger partial charge in [-0.3, -0.25) is 9.59 Å². The van der Waals surface area contributed by atoms with Gasteiger partial charge in [-0.1, -0.05) is 35.5 Å². The molecule has 3 aromatic rings. The van der Waals surface area contributed by atoms with Gasteiger partial charge in [0.05, 0.1) is 10.6 Å². The molecule has 1 saturated heterocycles. The van der Waals surface area contributed by atoms with E-state index in [1.807, 2.05) is 36.4 Å². The monoisotopic (exact) mass is 432 g/mol. The largest absolute Gasteiger partial charge is 0.439 e. The molecule has 1 fully saturated rings. The Kier molecular flexibility index (Phi) is 6.24. The number of piperazine rings is 1. The van der Waals surface area contributed by atoms with E-state index in [-0.39, 0.29) is 5.91 Å². The van der Waals surface area contributed by atoms with E-state index in [1.54, 1.807) is 24.1 Å². The van der Waals surface area contributed by atoms with Crippen LogP contribution in [0.5, 0.6) is 11.6 Å². The minimum Gasteiger partial charge on any atom is -0.439 e. The van der Waals surface area contributed by atoms with Crippen molar-refractivity contribution in [1.29, 1.82) is 0 Å². The number of hydrogen-bond acceptors (Lipinski definition) is 7. The fourth-order valence-electron chi connectivity index (χ4n) is 3.22. The van der Waals surface area contributed by atoms with E-state index < -0.39 is 0 Å². The fourth-order valence-corrected chi connectivity index (χ4v) is 4.17. The number of carbonyl (C=O) groups excluding carboxylic acids is 2. The number of hydrogen-bond donors (Lipinski definition) is 0. The molecule has 0 unspecified atom stereocenters. The number of pyridine rings is 1. The van der Waals surface area contributed by atoms with E-state index in [1.165, 1.54) is 11.3 Å². The molecule has 2 aromatic heterocycles. The predicted molar refractivity (Wildman–Crippen MR) is 119 cm³/mol. The highest BCUT2D eigenvalue weighted by atomic mass is 32.1. The molecule has 4 rings (SSSR count). The van der Waals surface area contributed by atoms with Crippen LogP contribution in [-0.4, -0.2) is 53.2 Å². The highest BCUT2D eigenvalue weighted by molar-refractivity contribution is 7.17. The van der Waals surface area contributed by atoms with Crippen LogP contribution >= 0.6 is 11.3 Å². The van der Waals surface area contributed by atoms with Gasteiger partial charge in [0.25, 0.3) is 5.91 Å². The first kappa shape index (κ1) is 20.6. The molecule has 0 saturated carbocycles. The molecule has 0 N–H and O–H groups in total. The van der Waals surface area contributed by atoms with Crippen molar-refractivity contribution in [3.8, 4) is 34.7 Å². The second-order valence-corrected chi connectivity index (χ2v) is 7.79. The molecule has 31 heavy (non-hydrogen) atoms. The number of benzene rings is 1. The van der Waals surface area contributed by atoms with Gasteiger partial charge in [-0.2, -0.15) is 0 Å². The van der Waals surface area contributed by atoms with E-state index in [2.05, 4.69) is 21.7 Å². The van der Waals surface area contributed by atoms with Crippen molar-refractivity contribution in [1.82, 2.24) is 14.9 Å². The predicted octanol–water partition coefficient (Wildman–Crippen LogP) is 3.48. The van der Waals surface area contributed by atoms with Gasteiger partial charge in [-0.15, -0.1) is 0 Å². The number of rotatable bonds is 5. The third-order valence-electron chi connectivity index (χ3n) is 4.79. The smallest absolute Gasteiger partial charge is 0.298 e. The molecule has 1 aliphatic rings. The van der Waals surface area contributed by atoms with E-state index in [0.717, 1.165) is 17.0 Å². The lowest BCUT2D eigenvalue weighted by molar-refractivity contribution is -0.125. The Bertz CT molecular complexity index is 1130. The van der Waals surface area contributed by atoms with Crippen LogP contribution < -0.4 is 9.64 Å². The number of anilines is 1. The van der Waals surface area contributed by atoms with Crippen molar-refractivity contribution in [3.05, 3.63) is 53.5 Å². The van der Waals surface area contributed by atoms with Crippen molar-refractivity contribution >= 4 is 28.7 Å². The third kappa shape index (κ3) is 4.73. The Morgan fingerprint density at radius 1 is 1.13 bits per heavy atom. The average Bonchev–Trinajstić information content (AvgIpc) is 3.25. The van der Waals surface area contributed by atoms with Crippen LogP contribution in [0.3, 0.4) is 0 Å². The van der Waals surface area contributed by atoms with Gasteiger partial charge < -0.3 is 14.5 Å². The van der Waals surface area contributed by atoms with E-state index in [4.69, 9.17) is 9.72 Å². The van der Waals surface area contributed by atoms with Gasteiger partial charge in [0, 0.05) is 44.0 Å². The molecule has 0 radical (unpaired) electrons. The summed E-state index contributed by atoms with van der Waals surface area (Å²) in [4.78, 5) is 37.0. The van der Waals surface area contributed by atoms with Crippen LogP contribution in [0.4, 0.5) is 5.13 Å². The zero-order valence-corrected chi connectivity index (χ0v) is 17.8. The van der Waals surface area contributed by atoms with Crippen molar-refractivity contribution in [2.75, 3.05) is 31.1 Å². The Morgan fingerprint density at radius 2 is 1.90 bits per heavy atom. The van der Waals surface area contributed by atoms with Crippen LogP contribution in [0, 0.1) is 11.8 Å². The van der Waals surface area contributed by atoms with E-state index in [0.29, 0.717) is 48.4 Å². The highest BCUT2D eigenvalue weighted by Gasteiger charge is 2.24. The van der Waals surface area contributed by atoms with Crippen LogP contribution in [0.1, 0.15) is 16.6 Å². The summed E-state index contributed by atoms with van der Waals surface area (Å²) in [5, 5.41) is 0.760. The average molecular weight is 433 g/mol. The van der Waals surface area contributed by atoms with Gasteiger partial charge >= 0.3 is 0 Å². The first-order valence-corrected chi connectivity index (χ1v) is 10.6. The zero-order valence-electron chi connectivity index (χ0n) is 16.9. The molecule has 0 bridgehead atoms. The summed E-state index contributed by atoms with van der Waals surface area (Å²) in [7, 11) is 0. The molecule has 8 heteroatoms. The summed E-state index contributed by atoms with van der Waals surface area (Å²) in [6.45, 7) is 4.09. The Labute approximate surface area is 184 Å². The highest BCUT2D eigenvalue weighted by Crippen LogP contribution is 2.33. The molecule has 1 amide bonds. The quantitative estimate of drug-likeness (QED) is 0.454. The lowest BCUT2D eigenvalue weighted by atomic mass is 10.2. The SMILES string of the molecule is CC#CC(=O)N1CCN(c2nc(-c3ccc(Oc4ccccc4)nc3)c(C=O)s2)CC1. The van der Waals surface area contributed by atoms with Crippen LogP contribution in [0.15, 0.2) is 48.7 Å². The van der Waals surface area contributed by atoms with Crippen LogP contribution in [-0.2, 0) is 4.79 Å². The lowest BCUT2D eigenvalue weighted by Gasteiger charge is -2.33. The van der Waals surface area contributed by atoms with Crippen molar-refractivity contribution in [2.24, 2.45) is 0 Å². The molecule has 1 aromatic carbocycles. The molecule has 7 nitrogen and oxygen atoms in total. The maximum Gasteiger partial charge on any atom is 0.298 e. The maximum atomic E-state index is 11.9. The van der Waals surface area contributed by atoms with Gasteiger partial charge in [0.2, 0.25) is 5.88 Å². The third-order valence-corrected chi connectivity index (χ3v) is 5.84. The first-order valence-electron chi connectivity index (χ1n) is 9.80. The summed E-state index contributed by atoms with van der Waals surface area (Å²) >= 11 is 1.34. The number of thiazole rings is 1. The lowest BCUT2D eigenvalue weighted by Crippen LogP contribution is -2.48. The van der Waals surface area contributed by atoms with Crippen LogP contribution in [0.25, 0.3) is 11.3 Å². The molecule has 0 spiro atoms. The number of carbonyl (C=O) groups is 2. The van der Waals surface area contributed by atoms with Gasteiger partial charge in [0.1, 0.15) is 5.75 Å². The number of aromatic nitrogens is 2. The minimum atomic E-state index is -0.153. The summed E-state index contributed by atoms with van der Waals surface area (Å²) in [5.41, 5.74) is 1.35. The number of nitrogens with zero attached hydrogens (tertiary/aromatic N) is 4. The Morgan fingerprint density at radius 3 is 2.55 bits per heavy atom. The van der Waals surface area contributed by atoms with Crippen molar-refractivity contribution < 1.29 is 14.3 Å². The summed E-state index contributed by atoms with van der Waals surface area (Å²) < 4.78 is 5.72. The number of para-hydroxylation sites is 1. The molecule has 3 heterocycles. The normalized spacial score (nSPS) is 13.3. The fraction of sp³-hybridized carbons (Fsp3) is 0.217. The number of aldehydes is 1. The van der Waals surface area contributed by atoms with Crippen molar-refractivity contribution in [3.63, 3.8) is 0 Å². The Balaban J connectivity index is 1.48. The molecular formula is C23H20N4O3S. The summed E-state index contributed by atoms with van der Waals surface area (Å²) in [5.74, 6) is 6.24. The molecule has 1 aliphatic heterocycles. The molecule has 0 aliphatic carbocycles.